The molecule has 1 spiro atoms. The molecule has 0 radical (unpaired) electrons. The van der Waals surface area contributed by atoms with Crippen LogP contribution in [0.5, 0.6) is 11.5 Å². The second-order valence-corrected chi connectivity index (χ2v) is 7.77. The van der Waals surface area contributed by atoms with Crippen LogP contribution in [-0.2, 0) is 10.2 Å². The average molecular weight is 356 g/mol. The van der Waals surface area contributed by atoms with Crippen molar-refractivity contribution in [2.24, 2.45) is 5.92 Å². The zero-order valence-corrected chi connectivity index (χ0v) is 16.1. The number of methoxy groups -OCH3 is 2. The first kappa shape index (κ1) is 17.4. The lowest BCUT2D eigenvalue weighted by atomic mass is 9.60. The zero-order chi connectivity index (χ0) is 18.5. The molecule has 26 heavy (non-hydrogen) atoms. The van der Waals surface area contributed by atoms with Crippen LogP contribution in [0.1, 0.15) is 31.7 Å². The van der Waals surface area contributed by atoms with E-state index in [-0.39, 0.29) is 6.04 Å². The molecule has 0 amide bonds. The maximum absolute atomic E-state index is 13.8. The number of hydrogen-bond donors (Lipinski definition) is 1. The van der Waals surface area contributed by atoms with Gasteiger partial charge >= 0.3 is 0 Å². The molecule has 5 heteroatoms. The molecule has 5 nitrogen and oxygen atoms in total. The number of hydrogen-bond acceptors (Lipinski definition) is 5. The fourth-order valence-electron chi connectivity index (χ4n) is 5.18. The largest absolute Gasteiger partial charge is 0.493 e. The Balaban J connectivity index is 1.91. The topological polar surface area (TPSA) is 50.8 Å². The van der Waals surface area contributed by atoms with E-state index in [1.54, 1.807) is 14.2 Å². The van der Waals surface area contributed by atoms with Gasteiger partial charge in [-0.1, -0.05) is 6.08 Å². The first-order valence-electron chi connectivity index (χ1n) is 9.47. The molecule has 3 atom stereocenters. The lowest BCUT2D eigenvalue weighted by Gasteiger charge is -2.42. The molecular formula is C21H28N2O3. The van der Waals surface area contributed by atoms with E-state index in [2.05, 4.69) is 23.3 Å². The van der Waals surface area contributed by atoms with Crippen molar-refractivity contribution in [1.29, 1.82) is 0 Å². The number of Topliss-reactive ketones (excluding diaryl/α,β-unsaturated/α-hetero) is 1. The fourth-order valence-corrected chi connectivity index (χ4v) is 5.18. The molecule has 3 aliphatic heterocycles. The molecule has 1 saturated carbocycles. The van der Waals surface area contributed by atoms with Crippen molar-refractivity contribution in [2.45, 2.75) is 37.6 Å². The highest BCUT2D eigenvalue weighted by Gasteiger charge is 2.57. The van der Waals surface area contributed by atoms with Gasteiger partial charge in [0.25, 0.3) is 0 Å². The highest BCUT2D eigenvalue weighted by Crippen LogP contribution is 2.55. The number of ketones is 1. The Bertz CT molecular complexity index is 773. The molecule has 1 aromatic rings. The van der Waals surface area contributed by atoms with Gasteiger partial charge in [0.15, 0.2) is 17.3 Å². The molecule has 3 heterocycles. The van der Waals surface area contributed by atoms with Crippen LogP contribution in [0.25, 0.3) is 0 Å². The number of carbonyl (C=O) groups is 1. The Kier molecular flexibility index (Phi) is 4.22. The van der Waals surface area contributed by atoms with Crippen molar-refractivity contribution < 1.29 is 14.3 Å². The smallest absolute Gasteiger partial charge is 0.171 e. The molecular weight excluding hydrogens is 328 g/mol. The van der Waals surface area contributed by atoms with E-state index in [9.17, 15) is 4.79 Å². The molecule has 2 saturated heterocycles. The van der Waals surface area contributed by atoms with Crippen molar-refractivity contribution in [3.05, 3.63) is 29.3 Å². The number of nitrogens with zero attached hydrogens (tertiary/aromatic N) is 1. The first-order valence-corrected chi connectivity index (χ1v) is 9.47. The van der Waals surface area contributed by atoms with Gasteiger partial charge in [-0.25, -0.2) is 0 Å². The third kappa shape index (κ3) is 2.29. The maximum atomic E-state index is 13.8. The van der Waals surface area contributed by atoms with E-state index in [1.165, 1.54) is 0 Å². The van der Waals surface area contributed by atoms with Gasteiger partial charge in [-0.15, -0.1) is 0 Å². The summed E-state index contributed by atoms with van der Waals surface area (Å²) in [4.78, 5) is 16.1. The SMILES string of the molecule is C/C=C1/C(=O)[C@]23CCN(C)CC[C@H]1C[C@@H]2Nc1cc(OC)c(OC)cc13. The average Bonchev–Trinajstić information content (AvgIpc) is 3.00. The Labute approximate surface area is 155 Å². The van der Waals surface area contributed by atoms with Crippen LogP contribution in [0.4, 0.5) is 5.69 Å². The second-order valence-electron chi connectivity index (χ2n) is 7.77. The van der Waals surface area contributed by atoms with Crippen molar-refractivity contribution in [2.75, 3.05) is 39.7 Å². The van der Waals surface area contributed by atoms with E-state index in [1.807, 2.05) is 19.1 Å². The molecule has 1 aromatic carbocycles. The molecule has 4 aliphatic rings. The van der Waals surface area contributed by atoms with Gasteiger partial charge in [0, 0.05) is 17.8 Å². The Hall–Kier alpha value is -2.01. The van der Waals surface area contributed by atoms with Crippen molar-refractivity contribution in [1.82, 2.24) is 4.90 Å². The van der Waals surface area contributed by atoms with Crippen LogP contribution >= 0.6 is 0 Å². The normalized spacial score (nSPS) is 32.3. The monoisotopic (exact) mass is 356 g/mol. The Morgan fingerprint density at radius 3 is 2.65 bits per heavy atom. The zero-order valence-electron chi connectivity index (χ0n) is 16.1. The van der Waals surface area contributed by atoms with Crippen LogP contribution < -0.4 is 14.8 Å². The molecule has 0 unspecified atom stereocenters. The summed E-state index contributed by atoms with van der Waals surface area (Å²) in [6.45, 7) is 3.96. The van der Waals surface area contributed by atoms with Gasteiger partial charge in [-0.2, -0.15) is 0 Å². The van der Waals surface area contributed by atoms with E-state index >= 15 is 0 Å². The van der Waals surface area contributed by atoms with Crippen LogP contribution in [0, 0.1) is 5.92 Å². The number of rotatable bonds is 2. The van der Waals surface area contributed by atoms with Gasteiger partial charge in [0.05, 0.1) is 19.6 Å². The number of ether oxygens (including phenoxy) is 2. The second kappa shape index (κ2) is 6.31. The van der Waals surface area contributed by atoms with Crippen LogP contribution in [0.3, 0.4) is 0 Å². The predicted molar refractivity (Wildman–Crippen MR) is 102 cm³/mol. The summed E-state index contributed by atoms with van der Waals surface area (Å²) in [5, 5.41) is 3.67. The van der Waals surface area contributed by atoms with E-state index < -0.39 is 5.41 Å². The van der Waals surface area contributed by atoms with Gasteiger partial charge in [-0.3, -0.25) is 4.79 Å². The van der Waals surface area contributed by atoms with Gasteiger partial charge in [0.2, 0.25) is 0 Å². The number of anilines is 1. The van der Waals surface area contributed by atoms with E-state index in [0.29, 0.717) is 23.2 Å². The fraction of sp³-hybridized carbons (Fsp3) is 0.571. The van der Waals surface area contributed by atoms with Gasteiger partial charge in [0.1, 0.15) is 0 Å². The third-order valence-electron chi connectivity index (χ3n) is 6.61. The number of carbonyl (C=O) groups excluding carboxylic acids is 1. The summed E-state index contributed by atoms with van der Waals surface area (Å²) in [7, 11) is 5.46. The van der Waals surface area contributed by atoms with Crippen molar-refractivity contribution in [3.8, 4) is 11.5 Å². The predicted octanol–water partition coefficient (Wildman–Crippen LogP) is 3.00. The summed E-state index contributed by atoms with van der Waals surface area (Å²) >= 11 is 0. The highest BCUT2D eigenvalue weighted by molar-refractivity contribution is 6.08. The standard InChI is InChI=1S/C21H28N2O3/c1-5-14-13-6-8-23(2)9-7-21(20(14)24)15-11-17(25-3)18(26-4)12-16(15)22-19(21)10-13/h5,11-13,19,22H,6-10H2,1-4H3/b14-5+/t13-,19-,21-/m0/s1. The summed E-state index contributed by atoms with van der Waals surface area (Å²) in [6.07, 6.45) is 4.92. The van der Waals surface area contributed by atoms with E-state index in [0.717, 1.165) is 49.2 Å². The number of benzene rings is 1. The molecule has 1 N–H and O–H groups in total. The molecule has 5 rings (SSSR count). The Morgan fingerprint density at radius 2 is 1.96 bits per heavy atom. The molecule has 1 aliphatic carbocycles. The lowest BCUT2D eigenvalue weighted by molar-refractivity contribution is -0.123. The van der Waals surface area contributed by atoms with Crippen molar-refractivity contribution in [3.63, 3.8) is 0 Å². The minimum atomic E-state index is -0.508. The Morgan fingerprint density at radius 1 is 1.23 bits per heavy atom. The summed E-state index contributed by atoms with van der Waals surface area (Å²) in [6, 6.07) is 4.15. The summed E-state index contributed by atoms with van der Waals surface area (Å²) < 4.78 is 11.0. The summed E-state index contributed by atoms with van der Waals surface area (Å²) in [5.74, 6) is 2.02. The number of allylic oxidation sites excluding steroid dienone is 2. The molecule has 140 valence electrons. The number of fused-ring (bicyclic) bond motifs is 6. The molecule has 3 fully saturated rings. The molecule has 0 aromatic heterocycles. The highest BCUT2D eigenvalue weighted by atomic mass is 16.5. The maximum Gasteiger partial charge on any atom is 0.171 e. The van der Waals surface area contributed by atoms with Crippen LogP contribution in [0.15, 0.2) is 23.8 Å². The first-order chi connectivity index (χ1) is 12.5. The van der Waals surface area contributed by atoms with Crippen molar-refractivity contribution >= 4 is 11.5 Å². The lowest BCUT2D eigenvalue weighted by Crippen LogP contribution is -2.52. The molecule has 2 bridgehead atoms. The van der Waals surface area contributed by atoms with Gasteiger partial charge in [-0.05, 0) is 69.4 Å². The third-order valence-corrected chi connectivity index (χ3v) is 6.61. The minimum absolute atomic E-state index is 0.141. The van der Waals surface area contributed by atoms with E-state index in [4.69, 9.17) is 9.47 Å². The van der Waals surface area contributed by atoms with Gasteiger partial charge < -0.3 is 19.7 Å². The minimum Gasteiger partial charge on any atom is -0.493 e. The number of nitrogens with one attached hydrogen (secondary N) is 1. The van der Waals surface area contributed by atoms with Crippen LogP contribution in [0.2, 0.25) is 0 Å². The quantitative estimate of drug-likeness (QED) is 0.826. The summed E-state index contributed by atoms with van der Waals surface area (Å²) in [5.41, 5.74) is 2.59. The van der Waals surface area contributed by atoms with Crippen LogP contribution in [-0.4, -0.2) is 51.1 Å².